The van der Waals surface area contributed by atoms with Gasteiger partial charge in [0.2, 0.25) is 0 Å². The molecule has 4 nitrogen and oxygen atoms in total. The third-order valence-corrected chi connectivity index (χ3v) is 4.57. The first-order chi connectivity index (χ1) is 13.2. The van der Waals surface area contributed by atoms with Crippen molar-refractivity contribution in [1.29, 1.82) is 0 Å². The molecule has 0 bridgehead atoms. The van der Waals surface area contributed by atoms with Crippen molar-refractivity contribution in [3.05, 3.63) is 53.1 Å². The topological polar surface area (TPSA) is 47.6 Å². The van der Waals surface area contributed by atoms with Crippen LogP contribution < -0.4 is 10.1 Å². The molecule has 0 aliphatic rings. The predicted molar refractivity (Wildman–Crippen MR) is 101 cm³/mol. The molecule has 1 N–H and O–H groups in total. The Morgan fingerprint density at radius 3 is 2.39 bits per heavy atom. The number of nitrogens with one attached hydrogen (secondary N) is 1. The molecule has 2 aromatic rings. The second-order valence-electron chi connectivity index (χ2n) is 6.35. The zero-order valence-electron chi connectivity index (χ0n) is 16.3. The van der Waals surface area contributed by atoms with Gasteiger partial charge in [0.05, 0.1) is 25.7 Å². The Kier molecular flexibility index (Phi) is 7.07. The van der Waals surface area contributed by atoms with E-state index in [4.69, 9.17) is 9.47 Å². The van der Waals surface area contributed by atoms with Crippen molar-refractivity contribution >= 4 is 5.97 Å². The summed E-state index contributed by atoms with van der Waals surface area (Å²) in [6.45, 7) is 4.48. The smallest absolute Gasteiger partial charge is 0.416 e. The Bertz CT molecular complexity index is 834. The lowest BCUT2D eigenvalue weighted by Crippen LogP contribution is -2.14. The fraction of sp³-hybridized carbons (Fsp3) is 0.381. The number of halogens is 3. The zero-order valence-corrected chi connectivity index (χ0v) is 16.3. The molecule has 7 heteroatoms. The van der Waals surface area contributed by atoms with Crippen LogP contribution in [0, 0.1) is 0 Å². The number of esters is 1. The van der Waals surface area contributed by atoms with E-state index in [2.05, 4.69) is 5.32 Å². The lowest BCUT2D eigenvalue weighted by molar-refractivity contribution is -0.142. The molecule has 28 heavy (non-hydrogen) atoms. The Balaban J connectivity index is 2.62. The van der Waals surface area contributed by atoms with Crippen LogP contribution in [0.4, 0.5) is 13.2 Å². The van der Waals surface area contributed by atoms with Crippen molar-refractivity contribution in [2.45, 2.75) is 32.5 Å². The summed E-state index contributed by atoms with van der Waals surface area (Å²) in [6.07, 6.45) is -4.43. The predicted octanol–water partition coefficient (Wildman–Crippen LogP) is 4.77. The van der Waals surface area contributed by atoms with Crippen LogP contribution in [0.25, 0.3) is 11.1 Å². The van der Waals surface area contributed by atoms with Crippen LogP contribution in [-0.2, 0) is 22.3 Å². The Labute approximate surface area is 162 Å². The maximum Gasteiger partial charge on any atom is 0.416 e. The molecule has 2 rings (SSSR count). The van der Waals surface area contributed by atoms with Crippen molar-refractivity contribution in [2.24, 2.45) is 0 Å². The minimum atomic E-state index is -4.43. The van der Waals surface area contributed by atoms with Crippen molar-refractivity contribution < 1.29 is 27.4 Å². The lowest BCUT2D eigenvalue weighted by Gasteiger charge is -2.18. The van der Waals surface area contributed by atoms with Gasteiger partial charge in [-0.2, -0.15) is 13.2 Å². The van der Waals surface area contributed by atoms with Crippen LogP contribution in [-0.4, -0.2) is 26.7 Å². The molecule has 1 unspecified atom stereocenters. The highest BCUT2D eigenvalue weighted by atomic mass is 19.4. The van der Waals surface area contributed by atoms with Gasteiger partial charge in [0.1, 0.15) is 5.75 Å². The fourth-order valence-corrected chi connectivity index (χ4v) is 2.96. The van der Waals surface area contributed by atoms with Crippen molar-refractivity contribution in [2.75, 3.05) is 20.8 Å². The van der Waals surface area contributed by atoms with Gasteiger partial charge in [0, 0.05) is 12.1 Å². The average molecular weight is 395 g/mol. The molecular formula is C21H24F3NO3. The Morgan fingerprint density at radius 2 is 1.82 bits per heavy atom. The summed E-state index contributed by atoms with van der Waals surface area (Å²) < 4.78 is 49.7. The summed E-state index contributed by atoms with van der Waals surface area (Å²) in [4.78, 5) is 11.9. The van der Waals surface area contributed by atoms with Crippen LogP contribution in [0.5, 0.6) is 5.75 Å². The third-order valence-electron chi connectivity index (χ3n) is 4.57. The monoisotopic (exact) mass is 395 g/mol. The number of benzene rings is 2. The molecule has 1 atom stereocenters. The highest BCUT2D eigenvalue weighted by Gasteiger charge is 2.31. The maximum absolute atomic E-state index is 13.2. The standard InChI is InChI=1S/C21H24F3NO3/c1-5-25-12-15-10-16(21(22,23)24)7-8-17(15)18-11-14(6-9-19(18)27-3)13(2)20(26)28-4/h6-11,13,25H,5,12H2,1-4H3. The molecule has 0 heterocycles. The number of carbonyl (C=O) groups is 1. The van der Waals surface area contributed by atoms with E-state index in [1.165, 1.54) is 20.3 Å². The van der Waals surface area contributed by atoms with Gasteiger partial charge in [-0.3, -0.25) is 4.79 Å². The first kappa shape index (κ1) is 21.8. The van der Waals surface area contributed by atoms with Crippen molar-refractivity contribution in [3.8, 4) is 16.9 Å². The number of carbonyl (C=O) groups excluding carboxylic acids is 1. The summed E-state index contributed by atoms with van der Waals surface area (Å²) in [6, 6.07) is 8.86. The van der Waals surface area contributed by atoms with Crippen molar-refractivity contribution in [1.82, 2.24) is 5.32 Å². The molecule has 0 saturated carbocycles. The summed E-state index contributed by atoms with van der Waals surface area (Å²) in [7, 11) is 2.81. The van der Waals surface area contributed by atoms with E-state index in [-0.39, 0.29) is 6.54 Å². The number of ether oxygens (including phenoxy) is 2. The van der Waals surface area contributed by atoms with Crippen LogP contribution in [0.15, 0.2) is 36.4 Å². The molecule has 0 radical (unpaired) electrons. The Hall–Kier alpha value is -2.54. The summed E-state index contributed by atoms with van der Waals surface area (Å²) >= 11 is 0. The van der Waals surface area contributed by atoms with Crippen molar-refractivity contribution in [3.63, 3.8) is 0 Å². The largest absolute Gasteiger partial charge is 0.496 e. The maximum atomic E-state index is 13.2. The SMILES string of the molecule is CCNCc1cc(C(F)(F)F)ccc1-c1cc(C(C)C(=O)OC)ccc1OC. The fourth-order valence-electron chi connectivity index (χ4n) is 2.96. The second-order valence-corrected chi connectivity index (χ2v) is 6.35. The molecule has 0 amide bonds. The number of rotatable bonds is 7. The van der Waals surface area contributed by atoms with E-state index >= 15 is 0 Å². The van der Waals surface area contributed by atoms with Gasteiger partial charge in [-0.05, 0) is 54.4 Å². The molecule has 0 saturated heterocycles. The Morgan fingerprint density at radius 1 is 1.11 bits per heavy atom. The third kappa shape index (κ3) is 4.84. The molecule has 0 fully saturated rings. The van der Waals surface area contributed by atoms with Crippen LogP contribution in [0.3, 0.4) is 0 Å². The first-order valence-corrected chi connectivity index (χ1v) is 8.89. The molecule has 152 valence electrons. The van der Waals surface area contributed by atoms with Gasteiger partial charge >= 0.3 is 12.1 Å². The summed E-state index contributed by atoms with van der Waals surface area (Å²) in [5.41, 5.74) is 1.72. The molecule has 0 aliphatic carbocycles. The zero-order chi connectivity index (χ0) is 20.9. The van der Waals surface area contributed by atoms with E-state index in [1.807, 2.05) is 6.92 Å². The van der Waals surface area contributed by atoms with Gasteiger partial charge in [-0.15, -0.1) is 0 Å². The first-order valence-electron chi connectivity index (χ1n) is 8.89. The minimum absolute atomic E-state index is 0.274. The van der Waals surface area contributed by atoms with E-state index in [1.54, 1.807) is 25.1 Å². The summed E-state index contributed by atoms with van der Waals surface area (Å²) in [5, 5.41) is 3.07. The number of methoxy groups -OCH3 is 2. The highest BCUT2D eigenvalue weighted by molar-refractivity contribution is 5.80. The number of hydrogen-bond acceptors (Lipinski definition) is 4. The van der Waals surface area contributed by atoms with Gasteiger partial charge in [-0.25, -0.2) is 0 Å². The quantitative estimate of drug-likeness (QED) is 0.687. The van der Waals surface area contributed by atoms with E-state index < -0.39 is 23.6 Å². The molecule has 0 spiro atoms. The summed E-state index contributed by atoms with van der Waals surface area (Å²) in [5.74, 6) is -0.393. The van der Waals surface area contributed by atoms with Crippen LogP contribution >= 0.6 is 0 Å². The van der Waals surface area contributed by atoms with E-state index in [0.29, 0.717) is 34.5 Å². The molecule has 0 aromatic heterocycles. The number of hydrogen-bond donors (Lipinski definition) is 1. The molecule has 0 aliphatic heterocycles. The highest BCUT2D eigenvalue weighted by Crippen LogP contribution is 2.38. The minimum Gasteiger partial charge on any atom is -0.496 e. The average Bonchev–Trinajstić information content (AvgIpc) is 2.69. The molecular weight excluding hydrogens is 371 g/mol. The van der Waals surface area contributed by atoms with Crippen LogP contribution in [0.2, 0.25) is 0 Å². The van der Waals surface area contributed by atoms with Gasteiger partial charge < -0.3 is 14.8 Å². The van der Waals surface area contributed by atoms with Gasteiger partial charge in [-0.1, -0.05) is 19.1 Å². The van der Waals surface area contributed by atoms with Crippen LogP contribution in [0.1, 0.15) is 36.5 Å². The van der Waals surface area contributed by atoms with E-state index in [9.17, 15) is 18.0 Å². The molecule has 2 aromatic carbocycles. The lowest BCUT2D eigenvalue weighted by atomic mass is 9.92. The number of alkyl halides is 3. The van der Waals surface area contributed by atoms with Gasteiger partial charge in [0.25, 0.3) is 0 Å². The normalized spacial score (nSPS) is 12.5. The van der Waals surface area contributed by atoms with Gasteiger partial charge in [0.15, 0.2) is 0 Å². The second kappa shape index (κ2) is 9.10. The van der Waals surface area contributed by atoms with E-state index in [0.717, 1.165) is 12.1 Å².